The Morgan fingerprint density at radius 3 is 2.94 bits per heavy atom. The quantitative estimate of drug-likeness (QED) is 0.432. The van der Waals surface area contributed by atoms with E-state index in [1.165, 1.54) is 0 Å². The lowest BCUT2D eigenvalue weighted by Crippen LogP contribution is -2.47. The van der Waals surface area contributed by atoms with Gasteiger partial charge in [-0.1, -0.05) is 15.9 Å². The predicted molar refractivity (Wildman–Crippen MR) is 119 cm³/mol. The average molecular weight is 490 g/mol. The van der Waals surface area contributed by atoms with E-state index in [2.05, 4.69) is 36.5 Å². The van der Waals surface area contributed by atoms with Crippen molar-refractivity contribution in [3.8, 4) is 0 Å². The zero-order valence-electron chi connectivity index (χ0n) is 16.9. The zero-order valence-corrected chi connectivity index (χ0v) is 18.4. The minimum Gasteiger partial charge on any atom is -0.449 e. The van der Waals surface area contributed by atoms with Gasteiger partial charge < -0.3 is 25.1 Å². The Kier molecular flexibility index (Phi) is 5.55. The van der Waals surface area contributed by atoms with Gasteiger partial charge in [0.25, 0.3) is 5.56 Å². The number of furan rings is 1. The lowest BCUT2D eigenvalue weighted by Gasteiger charge is -2.24. The maximum Gasteiger partial charge on any atom is 0.294 e. The van der Waals surface area contributed by atoms with Gasteiger partial charge in [0.15, 0.2) is 0 Å². The molecule has 0 spiro atoms. The molecular weight excluding hydrogens is 466 g/mol. The number of fused-ring (bicyclic) bond motifs is 3. The van der Waals surface area contributed by atoms with Gasteiger partial charge in [-0.05, 0) is 44.1 Å². The molecule has 4 heterocycles. The molecule has 9 nitrogen and oxygen atoms in total. The van der Waals surface area contributed by atoms with Crippen LogP contribution in [-0.2, 0) is 11.3 Å². The largest absolute Gasteiger partial charge is 0.449 e. The highest BCUT2D eigenvalue weighted by molar-refractivity contribution is 9.10. The summed E-state index contributed by atoms with van der Waals surface area (Å²) < 4.78 is 6.54. The number of amides is 1. The van der Waals surface area contributed by atoms with Crippen LogP contribution in [0, 0.1) is 5.92 Å². The molecule has 0 unspecified atom stereocenters. The van der Waals surface area contributed by atoms with E-state index in [0.717, 1.165) is 35.8 Å². The van der Waals surface area contributed by atoms with E-state index in [1.807, 2.05) is 17.0 Å². The number of aromatic amines is 1. The number of carbonyl (C=O) groups excluding carboxylic acids is 1. The molecule has 2 fully saturated rings. The van der Waals surface area contributed by atoms with Gasteiger partial charge in [0.2, 0.25) is 11.5 Å². The van der Waals surface area contributed by atoms with E-state index in [1.54, 1.807) is 6.07 Å². The molecule has 2 aliphatic heterocycles. The fraction of sp³-hybridized carbons (Fsp3) is 0.476. The van der Waals surface area contributed by atoms with Crippen LogP contribution in [0.5, 0.6) is 0 Å². The Morgan fingerprint density at radius 1 is 1.32 bits per heavy atom. The monoisotopic (exact) mass is 489 g/mol. The molecule has 0 bridgehead atoms. The van der Waals surface area contributed by atoms with E-state index in [0.29, 0.717) is 36.6 Å². The van der Waals surface area contributed by atoms with Crippen LogP contribution in [0.2, 0.25) is 0 Å². The van der Waals surface area contributed by atoms with Crippen LogP contribution in [-0.4, -0.2) is 64.2 Å². The Bertz CT molecular complexity index is 1190. The first-order valence-corrected chi connectivity index (χ1v) is 11.3. The number of rotatable bonds is 4. The molecule has 164 valence electrons. The highest BCUT2D eigenvalue weighted by Crippen LogP contribution is 2.28. The van der Waals surface area contributed by atoms with Crippen LogP contribution >= 0.6 is 15.9 Å². The standard InChI is InChI=1S/C21H24BrN5O4/c22-12-1-2-16-13(7-12)18-19(31-16)21(30)26-17(25-18)10-27-8-14(15(28)9-27)24-20(29)11-3-5-23-6-4-11/h1-2,7,11,14-15,23,28H,3-6,8-10H2,(H,24,29)(H,25,26,30)/t14-,15-/m1/s1. The summed E-state index contributed by atoms with van der Waals surface area (Å²) in [4.78, 5) is 34.5. The summed E-state index contributed by atoms with van der Waals surface area (Å²) in [5, 5.41) is 17.5. The molecule has 2 atom stereocenters. The number of H-pyrrole nitrogens is 1. The average Bonchev–Trinajstić information content (AvgIpc) is 3.29. The van der Waals surface area contributed by atoms with Crippen LogP contribution in [0.3, 0.4) is 0 Å². The summed E-state index contributed by atoms with van der Waals surface area (Å²) in [6.45, 7) is 2.95. The van der Waals surface area contributed by atoms with E-state index >= 15 is 0 Å². The van der Waals surface area contributed by atoms with Crippen LogP contribution in [0.1, 0.15) is 18.7 Å². The molecule has 2 aliphatic rings. The Hall–Kier alpha value is -2.27. The molecule has 5 rings (SSSR count). The molecular formula is C21H24BrN5O4. The number of β-amino-alcohol motifs (C(OH)–C–C–N with tert-alkyl or cyclic N) is 1. The molecule has 1 aromatic carbocycles. The Balaban J connectivity index is 1.31. The van der Waals surface area contributed by atoms with Crippen molar-refractivity contribution < 1.29 is 14.3 Å². The van der Waals surface area contributed by atoms with Crippen LogP contribution in [0.15, 0.2) is 31.9 Å². The van der Waals surface area contributed by atoms with Gasteiger partial charge >= 0.3 is 0 Å². The highest BCUT2D eigenvalue weighted by atomic mass is 79.9. The first-order valence-electron chi connectivity index (χ1n) is 10.5. The number of likely N-dealkylation sites (tertiary alicyclic amines) is 1. The van der Waals surface area contributed by atoms with Crippen molar-refractivity contribution >= 4 is 43.9 Å². The summed E-state index contributed by atoms with van der Waals surface area (Å²) in [5.74, 6) is 0.505. The number of piperidine rings is 1. The van der Waals surface area contributed by atoms with Gasteiger partial charge in [-0.25, -0.2) is 4.98 Å². The van der Waals surface area contributed by atoms with Crippen molar-refractivity contribution in [2.45, 2.75) is 31.5 Å². The minimum absolute atomic E-state index is 0.00313. The number of nitrogens with zero attached hydrogens (tertiary/aromatic N) is 2. The van der Waals surface area contributed by atoms with Crippen molar-refractivity contribution in [2.75, 3.05) is 26.2 Å². The number of hydrogen-bond acceptors (Lipinski definition) is 7. The van der Waals surface area contributed by atoms with Crippen molar-refractivity contribution in [2.24, 2.45) is 5.92 Å². The van der Waals surface area contributed by atoms with E-state index in [4.69, 9.17) is 4.42 Å². The summed E-state index contributed by atoms with van der Waals surface area (Å²) in [5.41, 5.74) is 0.990. The van der Waals surface area contributed by atoms with Gasteiger partial charge in [0, 0.05) is 28.9 Å². The van der Waals surface area contributed by atoms with Crippen molar-refractivity contribution in [1.29, 1.82) is 0 Å². The van der Waals surface area contributed by atoms with E-state index in [9.17, 15) is 14.7 Å². The van der Waals surface area contributed by atoms with Crippen molar-refractivity contribution in [3.63, 3.8) is 0 Å². The number of halogens is 1. The maximum absolute atomic E-state index is 12.5. The van der Waals surface area contributed by atoms with E-state index in [-0.39, 0.29) is 29.0 Å². The Labute approximate surface area is 186 Å². The number of aliphatic hydroxyl groups excluding tert-OH is 1. The first-order chi connectivity index (χ1) is 15.0. The minimum atomic E-state index is -0.660. The number of benzene rings is 1. The summed E-state index contributed by atoms with van der Waals surface area (Å²) >= 11 is 3.44. The topological polar surface area (TPSA) is 123 Å². The third-order valence-corrected chi connectivity index (χ3v) is 6.60. The third-order valence-electron chi connectivity index (χ3n) is 6.11. The second-order valence-corrected chi connectivity index (χ2v) is 9.25. The van der Waals surface area contributed by atoms with Crippen LogP contribution in [0.25, 0.3) is 22.1 Å². The molecule has 0 saturated carbocycles. The van der Waals surface area contributed by atoms with Crippen molar-refractivity contribution in [1.82, 2.24) is 25.5 Å². The molecule has 0 aliphatic carbocycles. The lowest BCUT2D eigenvalue weighted by molar-refractivity contribution is -0.127. The first kappa shape index (κ1) is 20.6. The fourth-order valence-electron chi connectivity index (χ4n) is 4.48. The fourth-order valence-corrected chi connectivity index (χ4v) is 4.84. The summed E-state index contributed by atoms with van der Waals surface area (Å²) in [6.07, 6.45) is 0.975. The van der Waals surface area contributed by atoms with Gasteiger partial charge in [0.05, 0.1) is 18.7 Å². The molecule has 3 aromatic rings. The zero-order chi connectivity index (χ0) is 21.5. The SMILES string of the molecule is O=C(N[C@@H]1CN(Cc2nc3c(oc4ccc(Br)cc43)c(=O)[nH]2)C[C@H]1O)C1CCNCC1. The van der Waals surface area contributed by atoms with Crippen LogP contribution < -0.4 is 16.2 Å². The van der Waals surface area contributed by atoms with Crippen molar-refractivity contribution in [3.05, 3.63) is 38.9 Å². The number of aromatic nitrogens is 2. The normalized spacial score (nSPS) is 23.0. The second kappa shape index (κ2) is 8.34. The molecule has 2 saturated heterocycles. The molecule has 0 radical (unpaired) electrons. The number of hydrogen-bond donors (Lipinski definition) is 4. The van der Waals surface area contributed by atoms with Gasteiger partial charge in [-0.2, -0.15) is 0 Å². The second-order valence-electron chi connectivity index (χ2n) is 8.33. The van der Waals surface area contributed by atoms with Gasteiger partial charge in [-0.15, -0.1) is 0 Å². The summed E-state index contributed by atoms with van der Waals surface area (Å²) in [6, 6.07) is 5.20. The van der Waals surface area contributed by atoms with Crippen LogP contribution in [0.4, 0.5) is 0 Å². The Morgan fingerprint density at radius 2 is 2.13 bits per heavy atom. The molecule has 31 heavy (non-hydrogen) atoms. The number of carbonyl (C=O) groups is 1. The highest BCUT2D eigenvalue weighted by Gasteiger charge is 2.34. The molecule has 4 N–H and O–H groups in total. The number of aliphatic hydroxyl groups is 1. The lowest BCUT2D eigenvalue weighted by atomic mass is 9.97. The summed E-state index contributed by atoms with van der Waals surface area (Å²) in [7, 11) is 0. The molecule has 10 heteroatoms. The van der Waals surface area contributed by atoms with E-state index < -0.39 is 6.10 Å². The maximum atomic E-state index is 12.5. The number of nitrogens with one attached hydrogen (secondary N) is 3. The predicted octanol–water partition coefficient (Wildman–Crippen LogP) is 1.09. The van der Waals surface area contributed by atoms with Gasteiger partial charge in [-0.3, -0.25) is 14.5 Å². The third kappa shape index (κ3) is 4.12. The molecule has 1 amide bonds. The van der Waals surface area contributed by atoms with Gasteiger partial charge in [0.1, 0.15) is 16.9 Å². The smallest absolute Gasteiger partial charge is 0.294 e. The molecule has 2 aromatic heterocycles.